The number of hydrogen-bond acceptors (Lipinski definition) is 3. The Morgan fingerprint density at radius 2 is 1.67 bits per heavy atom. The zero-order valence-corrected chi connectivity index (χ0v) is 11.7. The molecule has 0 fully saturated rings. The van der Waals surface area contributed by atoms with Gasteiger partial charge in [-0.15, -0.1) is 0 Å². The highest BCUT2D eigenvalue weighted by atomic mass is 19.1. The molecule has 0 saturated heterocycles. The van der Waals surface area contributed by atoms with Gasteiger partial charge in [-0.25, -0.2) is 4.39 Å². The standard InChI is InChI=1S/C16H17FN2O2/c1-11(18)16(20)19-10-12-2-6-14(7-3-12)21-15-8-4-13(17)5-9-15/h2-9,11H,10,18H2,1H3,(H,19,20). The Balaban J connectivity index is 1.92. The average molecular weight is 288 g/mol. The molecule has 0 spiro atoms. The number of carbonyl (C=O) groups excluding carboxylic acids is 1. The van der Waals surface area contributed by atoms with Crippen LogP contribution in [0.15, 0.2) is 48.5 Å². The number of carbonyl (C=O) groups is 1. The summed E-state index contributed by atoms with van der Waals surface area (Å²) in [5.41, 5.74) is 6.40. The minimum atomic E-state index is -0.522. The van der Waals surface area contributed by atoms with Gasteiger partial charge in [0.1, 0.15) is 17.3 Å². The zero-order chi connectivity index (χ0) is 15.2. The number of rotatable bonds is 5. The molecule has 0 aliphatic rings. The Hall–Kier alpha value is -2.40. The van der Waals surface area contributed by atoms with Crippen molar-refractivity contribution in [1.82, 2.24) is 5.32 Å². The van der Waals surface area contributed by atoms with E-state index in [1.807, 2.05) is 12.1 Å². The van der Waals surface area contributed by atoms with E-state index < -0.39 is 6.04 Å². The van der Waals surface area contributed by atoms with E-state index in [-0.39, 0.29) is 11.7 Å². The lowest BCUT2D eigenvalue weighted by atomic mass is 10.2. The van der Waals surface area contributed by atoms with Crippen LogP contribution in [0.3, 0.4) is 0 Å². The summed E-state index contributed by atoms with van der Waals surface area (Å²) < 4.78 is 18.4. The van der Waals surface area contributed by atoms with Crippen molar-refractivity contribution in [2.45, 2.75) is 19.5 Å². The average Bonchev–Trinajstić information content (AvgIpc) is 2.48. The highest BCUT2D eigenvalue weighted by Crippen LogP contribution is 2.21. The number of nitrogens with one attached hydrogen (secondary N) is 1. The van der Waals surface area contributed by atoms with Gasteiger partial charge >= 0.3 is 0 Å². The first-order chi connectivity index (χ1) is 10.0. The third-order valence-electron chi connectivity index (χ3n) is 2.85. The maximum absolute atomic E-state index is 12.8. The summed E-state index contributed by atoms with van der Waals surface area (Å²) in [6, 6.07) is 12.6. The molecule has 2 rings (SSSR count). The van der Waals surface area contributed by atoms with E-state index in [9.17, 15) is 9.18 Å². The van der Waals surface area contributed by atoms with Crippen LogP contribution in [0.5, 0.6) is 11.5 Å². The van der Waals surface area contributed by atoms with Gasteiger partial charge in [-0.3, -0.25) is 4.79 Å². The fraction of sp³-hybridized carbons (Fsp3) is 0.188. The molecule has 0 radical (unpaired) electrons. The predicted molar refractivity (Wildman–Crippen MR) is 78.4 cm³/mol. The molecule has 5 heteroatoms. The van der Waals surface area contributed by atoms with Crippen LogP contribution in [-0.2, 0) is 11.3 Å². The van der Waals surface area contributed by atoms with Crippen LogP contribution in [0.4, 0.5) is 4.39 Å². The summed E-state index contributed by atoms with van der Waals surface area (Å²) in [6.07, 6.45) is 0. The van der Waals surface area contributed by atoms with E-state index >= 15 is 0 Å². The summed E-state index contributed by atoms with van der Waals surface area (Å²) >= 11 is 0. The monoisotopic (exact) mass is 288 g/mol. The van der Waals surface area contributed by atoms with E-state index in [1.165, 1.54) is 12.1 Å². The highest BCUT2D eigenvalue weighted by molar-refractivity contribution is 5.80. The van der Waals surface area contributed by atoms with Crippen molar-refractivity contribution < 1.29 is 13.9 Å². The first-order valence-electron chi connectivity index (χ1n) is 6.60. The minimum absolute atomic E-state index is 0.193. The highest BCUT2D eigenvalue weighted by Gasteiger charge is 2.06. The predicted octanol–water partition coefficient (Wildman–Crippen LogP) is 2.58. The number of hydrogen-bond donors (Lipinski definition) is 2. The maximum Gasteiger partial charge on any atom is 0.236 e. The summed E-state index contributed by atoms with van der Waals surface area (Å²) in [5.74, 6) is 0.711. The molecule has 0 saturated carbocycles. The van der Waals surface area contributed by atoms with Gasteiger partial charge in [0.05, 0.1) is 6.04 Å². The topological polar surface area (TPSA) is 64.4 Å². The molecule has 0 aliphatic heterocycles. The van der Waals surface area contributed by atoms with Crippen molar-refractivity contribution in [2.24, 2.45) is 5.73 Å². The van der Waals surface area contributed by atoms with Crippen molar-refractivity contribution in [1.29, 1.82) is 0 Å². The lowest BCUT2D eigenvalue weighted by molar-refractivity contribution is -0.122. The fourth-order valence-corrected chi connectivity index (χ4v) is 1.66. The molecule has 0 heterocycles. The van der Waals surface area contributed by atoms with Gasteiger partial charge in [0, 0.05) is 6.54 Å². The molecular formula is C16H17FN2O2. The molecule has 0 bridgehead atoms. The molecule has 21 heavy (non-hydrogen) atoms. The summed E-state index contributed by atoms with van der Waals surface area (Å²) in [7, 11) is 0. The molecule has 4 nitrogen and oxygen atoms in total. The molecule has 0 aliphatic carbocycles. The molecule has 1 atom stereocenters. The summed E-state index contributed by atoms with van der Waals surface area (Å²) in [6.45, 7) is 2.05. The molecular weight excluding hydrogens is 271 g/mol. The SMILES string of the molecule is CC(N)C(=O)NCc1ccc(Oc2ccc(F)cc2)cc1. The largest absolute Gasteiger partial charge is 0.457 e. The number of ether oxygens (including phenoxy) is 1. The smallest absolute Gasteiger partial charge is 0.236 e. The van der Waals surface area contributed by atoms with Gasteiger partial charge in [-0.1, -0.05) is 12.1 Å². The van der Waals surface area contributed by atoms with Crippen LogP contribution >= 0.6 is 0 Å². The van der Waals surface area contributed by atoms with Gasteiger partial charge in [0.15, 0.2) is 0 Å². The Morgan fingerprint density at radius 3 is 2.19 bits per heavy atom. The minimum Gasteiger partial charge on any atom is -0.457 e. The van der Waals surface area contributed by atoms with Crippen LogP contribution in [0.1, 0.15) is 12.5 Å². The Kier molecular flexibility index (Phi) is 4.90. The number of halogens is 1. The molecule has 1 amide bonds. The van der Waals surface area contributed by atoms with E-state index in [0.717, 1.165) is 5.56 Å². The lowest BCUT2D eigenvalue weighted by Gasteiger charge is -2.09. The van der Waals surface area contributed by atoms with Crippen LogP contribution in [0, 0.1) is 5.82 Å². The Morgan fingerprint density at radius 1 is 1.14 bits per heavy atom. The second kappa shape index (κ2) is 6.85. The van der Waals surface area contributed by atoms with Crippen LogP contribution < -0.4 is 15.8 Å². The second-order valence-corrected chi connectivity index (χ2v) is 4.71. The Bertz CT molecular complexity index is 595. The number of nitrogens with two attached hydrogens (primary N) is 1. The van der Waals surface area contributed by atoms with Gasteiger partial charge in [-0.2, -0.15) is 0 Å². The van der Waals surface area contributed by atoms with E-state index in [1.54, 1.807) is 31.2 Å². The van der Waals surface area contributed by atoms with Crippen molar-refractivity contribution >= 4 is 5.91 Å². The molecule has 110 valence electrons. The van der Waals surface area contributed by atoms with E-state index in [0.29, 0.717) is 18.0 Å². The zero-order valence-electron chi connectivity index (χ0n) is 11.7. The number of benzene rings is 2. The third-order valence-corrected chi connectivity index (χ3v) is 2.85. The van der Waals surface area contributed by atoms with E-state index in [4.69, 9.17) is 10.5 Å². The van der Waals surface area contributed by atoms with Crippen molar-refractivity contribution in [2.75, 3.05) is 0 Å². The van der Waals surface area contributed by atoms with Gasteiger partial charge < -0.3 is 15.8 Å². The van der Waals surface area contributed by atoms with Crippen molar-refractivity contribution in [3.63, 3.8) is 0 Å². The van der Waals surface area contributed by atoms with Crippen LogP contribution in [-0.4, -0.2) is 11.9 Å². The summed E-state index contributed by atoms with van der Waals surface area (Å²) in [4.78, 5) is 11.4. The number of amides is 1. The quantitative estimate of drug-likeness (QED) is 0.888. The van der Waals surface area contributed by atoms with Crippen LogP contribution in [0.2, 0.25) is 0 Å². The lowest BCUT2D eigenvalue weighted by Crippen LogP contribution is -2.37. The molecule has 3 N–H and O–H groups in total. The maximum atomic E-state index is 12.8. The molecule has 2 aromatic carbocycles. The van der Waals surface area contributed by atoms with Gasteiger partial charge in [0.25, 0.3) is 0 Å². The Labute approximate surface area is 122 Å². The molecule has 2 aromatic rings. The first kappa shape index (κ1) is 15.0. The van der Waals surface area contributed by atoms with Crippen molar-refractivity contribution in [3.05, 3.63) is 59.9 Å². The summed E-state index contributed by atoms with van der Waals surface area (Å²) in [5, 5.41) is 2.73. The third kappa shape index (κ3) is 4.57. The van der Waals surface area contributed by atoms with Crippen LogP contribution in [0.25, 0.3) is 0 Å². The molecule has 1 unspecified atom stereocenters. The normalized spacial score (nSPS) is 11.8. The fourth-order valence-electron chi connectivity index (χ4n) is 1.66. The van der Waals surface area contributed by atoms with E-state index in [2.05, 4.69) is 5.32 Å². The molecule has 0 aromatic heterocycles. The van der Waals surface area contributed by atoms with Gasteiger partial charge in [-0.05, 0) is 48.9 Å². The van der Waals surface area contributed by atoms with Crippen molar-refractivity contribution in [3.8, 4) is 11.5 Å². The van der Waals surface area contributed by atoms with Gasteiger partial charge in [0.2, 0.25) is 5.91 Å². The first-order valence-corrected chi connectivity index (χ1v) is 6.60. The second-order valence-electron chi connectivity index (χ2n) is 4.71.